The number of primary amides is 1. The SMILES string of the molecule is Cc1ccc(-c2nc(C(=O)N(Cc3ccc(C(N)=O)cc3)C3CC3)cs2)cc1. The van der Waals surface area contributed by atoms with E-state index in [1.54, 1.807) is 12.1 Å². The first-order chi connectivity index (χ1) is 13.5. The highest BCUT2D eigenvalue weighted by atomic mass is 32.1. The summed E-state index contributed by atoms with van der Waals surface area (Å²) < 4.78 is 0. The van der Waals surface area contributed by atoms with Crippen LogP contribution in [0.25, 0.3) is 10.6 Å². The highest BCUT2D eigenvalue weighted by Gasteiger charge is 2.34. The van der Waals surface area contributed by atoms with Gasteiger partial charge in [0.15, 0.2) is 0 Å². The maximum absolute atomic E-state index is 13.1. The molecule has 0 aliphatic heterocycles. The third-order valence-electron chi connectivity index (χ3n) is 4.86. The second kappa shape index (κ2) is 7.56. The average molecular weight is 391 g/mol. The van der Waals surface area contributed by atoms with E-state index in [1.165, 1.54) is 16.9 Å². The second-order valence-corrected chi connectivity index (χ2v) is 7.99. The Balaban J connectivity index is 1.53. The molecule has 0 atom stereocenters. The molecule has 3 aromatic rings. The zero-order chi connectivity index (χ0) is 19.7. The summed E-state index contributed by atoms with van der Waals surface area (Å²) in [6.45, 7) is 2.55. The van der Waals surface area contributed by atoms with E-state index in [4.69, 9.17) is 5.73 Å². The van der Waals surface area contributed by atoms with E-state index in [0.717, 1.165) is 29.0 Å². The van der Waals surface area contributed by atoms with Crippen LogP contribution >= 0.6 is 11.3 Å². The maximum Gasteiger partial charge on any atom is 0.273 e. The Labute approximate surface area is 167 Å². The van der Waals surface area contributed by atoms with Crippen molar-refractivity contribution in [1.82, 2.24) is 9.88 Å². The van der Waals surface area contributed by atoms with Crippen LogP contribution in [0.5, 0.6) is 0 Å². The lowest BCUT2D eigenvalue weighted by Gasteiger charge is -2.21. The van der Waals surface area contributed by atoms with Gasteiger partial charge in [-0.05, 0) is 37.5 Å². The lowest BCUT2D eigenvalue weighted by molar-refractivity contribution is 0.0724. The van der Waals surface area contributed by atoms with Crippen molar-refractivity contribution in [3.05, 3.63) is 76.3 Å². The molecule has 1 aromatic heterocycles. The molecule has 1 aliphatic carbocycles. The second-order valence-electron chi connectivity index (χ2n) is 7.13. The predicted octanol–water partition coefficient (Wildman–Crippen LogP) is 4.02. The summed E-state index contributed by atoms with van der Waals surface area (Å²) in [7, 11) is 0. The average Bonchev–Trinajstić information content (AvgIpc) is 3.42. The first kappa shape index (κ1) is 18.4. The number of hydrogen-bond donors (Lipinski definition) is 1. The van der Waals surface area contributed by atoms with E-state index in [-0.39, 0.29) is 11.9 Å². The third kappa shape index (κ3) is 3.97. The molecule has 28 heavy (non-hydrogen) atoms. The molecule has 2 N–H and O–H groups in total. The number of rotatable bonds is 6. The van der Waals surface area contributed by atoms with E-state index in [1.807, 2.05) is 53.6 Å². The van der Waals surface area contributed by atoms with E-state index in [9.17, 15) is 9.59 Å². The summed E-state index contributed by atoms with van der Waals surface area (Å²) in [4.78, 5) is 30.8. The number of carbonyl (C=O) groups is 2. The molecule has 0 spiro atoms. The summed E-state index contributed by atoms with van der Waals surface area (Å²) in [5, 5.41) is 2.69. The van der Waals surface area contributed by atoms with Crippen molar-refractivity contribution in [1.29, 1.82) is 0 Å². The molecule has 142 valence electrons. The van der Waals surface area contributed by atoms with Crippen LogP contribution in [0.4, 0.5) is 0 Å². The number of amides is 2. The van der Waals surface area contributed by atoms with Gasteiger partial charge in [0, 0.05) is 29.1 Å². The van der Waals surface area contributed by atoms with Crippen molar-refractivity contribution in [2.45, 2.75) is 32.4 Å². The first-order valence-corrected chi connectivity index (χ1v) is 10.1. The number of benzene rings is 2. The van der Waals surface area contributed by atoms with Gasteiger partial charge in [-0.1, -0.05) is 42.0 Å². The number of thiazole rings is 1. The molecule has 1 heterocycles. The Bertz CT molecular complexity index is 1010. The summed E-state index contributed by atoms with van der Waals surface area (Å²) >= 11 is 1.49. The van der Waals surface area contributed by atoms with Gasteiger partial charge < -0.3 is 10.6 Å². The Hall–Kier alpha value is -2.99. The fraction of sp³-hybridized carbons (Fsp3) is 0.227. The highest BCUT2D eigenvalue weighted by molar-refractivity contribution is 7.13. The molecular formula is C22H21N3O2S. The highest BCUT2D eigenvalue weighted by Crippen LogP contribution is 2.31. The molecule has 2 aromatic carbocycles. The van der Waals surface area contributed by atoms with Crippen molar-refractivity contribution in [2.75, 3.05) is 0 Å². The molecule has 0 unspecified atom stereocenters. The topological polar surface area (TPSA) is 76.3 Å². The smallest absolute Gasteiger partial charge is 0.273 e. The standard InChI is InChI=1S/C22H21N3O2S/c1-14-2-6-17(7-3-14)21-24-19(13-28-21)22(27)25(18-10-11-18)12-15-4-8-16(9-5-15)20(23)26/h2-9,13,18H,10-12H2,1H3,(H2,23,26). The Kier molecular flexibility index (Phi) is 4.96. The van der Waals surface area contributed by atoms with Gasteiger partial charge in [-0.3, -0.25) is 9.59 Å². The number of carbonyl (C=O) groups excluding carboxylic acids is 2. The molecule has 4 rings (SSSR count). The Morgan fingerprint density at radius 1 is 1.11 bits per heavy atom. The number of hydrogen-bond acceptors (Lipinski definition) is 4. The third-order valence-corrected chi connectivity index (χ3v) is 5.75. The zero-order valence-corrected chi connectivity index (χ0v) is 16.4. The van der Waals surface area contributed by atoms with Crippen LogP contribution in [0.3, 0.4) is 0 Å². The van der Waals surface area contributed by atoms with Crippen molar-refractivity contribution in [3.63, 3.8) is 0 Å². The quantitative estimate of drug-likeness (QED) is 0.689. The van der Waals surface area contributed by atoms with E-state index < -0.39 is 5.91 Å². The van der Waals surface area contributed by atoms with Gasteiger partial charge in [0.05, 0.1) is 0 Å². The monoisotopic (exact) mass is 391 g/mol. The summed E-state index contributed by atoms with van der Waals surface area (Å²) in [6.07, 6.45) is 2.03. The molecule has 0 saturated heterocycles. The summed E-state index contributed by atoms with van der Waals surface area (Å²) in [5.41, 5.74) is 9.44. The van der Waals surface area contributed by atoms with Gasteiger partial charge in [0.1, 0.15) is 10.7 Å². The van der Waals surface area contributed by atoms with Crippen LogP contribution in [-0.2, 0) is 6.54 Å². The van der Waals surface area contributed by atoms with Crippen molar-refractivity contribution in [2.24, 2.45) is 5.73 Å². The van der Waals surface area contributed by atoms with Crippen LogP contribution < -0.4 is 5.73 Å². The van der Waals surface area contributed by atoms with Crippen LogP contribution in [0.2, 0.25) is 0 Å². The normalized spacial score (nSPS) is 13.3. The molecule has 5 nitrogen and oxygen atoms in total. The van der Waals surface area contributed by atoms with Gasteiger partial charge in [0.2, 0.25) is 5.91 Å². The number of aryl methyl sites for hydroxylation is 1. The molecule has 6 heteroatoms. The lowest BCUT2D eigenvalue weighted by atomic mass is 10.1. The van der Waals surface area contributed by atoms with Crippen molar-refractivity contribution >= 4 is 23.2 Å². The number of nitrogens with zero attached hydrogens (tertiary/aromatic N) is 2. The fourth-order valence-electron chi connectivity index (χ4n) is 3.07. The Morgan fingerprint density at radius 2 is 1.79 bits per heavy atom. The largest absolute Gasteiger partial charge is 0.366 e. The first-order valence-electron chi connectivity index (χ1n) is 9.23. The van der Waals surface area contributed by atoms with E-state index in [2.05, 4.69) is 4.98 Å². The van der Waals surface area contributed by atoms with Crippen LogP contribution in [0, 0.1) is 6.92 Å². The van der Waals surface area contributed by atoms with Gasteiger partial charge in [-0.15, -0.1) is 11.3 Å². The van der Waals surface area contributed by atoms with Crippen LogP contribution in [0.15, 0.2) is 53.9 Å². The lowest BCUT2D eigenvalue weighted by Crippen LogP contribution is -2.32. The van der Waals surface area contributed by atoms with Crippen LogP contribution in [-0.4, -0.2) is 27.7 Å². The van der Waals surface area contributed by atoms with E-state index >= 15 is 0 Å². The molecule has 1 fully saturated rings. The van der Waals surface area contributed by atoms with Crippen molar-refractivity contribution in [3.8, 4) is 10.6 Å². The molecular weight excluding hydrogens is 370 g/mol. The molecule has 0 radical (unpaired) electrons. The minimum atomic E-state index is -0.451. The molecule has 2 amide bonds. The van der Waals surface area contributed by atoms with Crippen LogP contribution in [0.1, 0.15) is 44.8 Å². The van der Waals surface area contributed by atoms with Gasteiger partial charge in [0.25, 0.3) is 5.91 Å². The predicted molar refractivity (Wildman–Crippen MR) is 110 cm³/mol. The summed E-state index contributed by atoms with van der Waals surface area (Å²) in [5.74, 6) is -0.496. The van der Waals surface area contributed by atoms with Gasteiger partial charge in [-0.25, -0.2) is 4.98 Å². The fourth-order valence-corrected chi connectivity index (χ4v) is 3.87. The molecule has 1 aliphatic rings. The minimum absolute atomic E-state index is 0.0453. The Morgan fingerprint density at radius 3 is 2.39 bits per heavy atom. The zero-order valence-electron chi connectivity index (χ0n) is 15.6. The van der Waals surface area contributed by atoms with E-state index in [0.29, 0.717) is 17.8 Å². The minimum Gasteiger partial charge on any atom is -0.366 e. The molecule has 0 bridgehead atoms. The maximum atomic E-state index is 13.1. The molecule has 1 saturated carbocycles. The van der Waals surface area contributed by atoms with Gasteiger partial charge >= 0.3 is 0 Å². The number of aromatic nitrogens is 1. The van der Waals surface area contributed by atoms with Crippen molar-refractivity contribution < 1.29 is 9.59 Å². The summed E-state index contributed by atoms with van der Waals surface area (Å²) in [6, 6.07) is 15.5. The number of nitrogens with two attached hydrogens (primary N) is 1. The van der Waals surface area contributed by atoms with Gasteiger partial charge in [-0.2, -0.15) is 0 Å².